The van der Waals surface area contributed by atoms with E-state index in [-0.39, 0.29) is 11.5 Å². The Kier molecular flexibility index (Phi) is 3.31. The summed E-state index contributed by atoms with van der Waals surface area (Å²) in [5.74, 6) is 1.77. The van der Waals surface area contributed by atoms with Crippen molar-refractivity contribution in [3.63, 3.8) is 0 Å². The number of para-hydroxylation sites is 1. The summed E-state index contributed by atoms with van der Waals surface area (Å²) in [4.78, 5) is 2.48. The molecule has 1 spiro atoms. The molecular weight excluding hydrogens is 266 g/mol. The maximum Gasteiger partial charge on any atom is 0.231 e. The van der Waals surface area contributed by atoms with Crippen molar-refractivity contribution in [2.24, 2.45) is 5.41 Å². The Morgan fingerprint density at radius 1 is 1.24 bits per heavy atom. The Morgan fingerprint density at radius 3 is 3.00 bits per heavy atom. The minimum atomic E-state index is -0.110. The van der Waals surface area contributed by atoms with Crippen molar-refractivity contribution in [2.75, 3.05) is 19.9 Å². The van der Waals surface area contributed by atoms with Gasteiger partial charge in [0, 0.05) is 24.1 Å². The molecule has 4 rings (SSSR count). The molecule has 1 saturated heterocycles. The van der Waals surface area contributed by atoms with Crippen LogP contribution in [0.1, 0.15) is 37.7 Å². The number of fused-ring (bicyclic) bond motifs is 1. The van der Waals surface area contributed by atoms with E-state index in [1.54, 1.807) is 0 Å². The second-order valence-corrected chi connectivity index (χ2v) is 6.74. The van der Waals surface area contributed by atoms with Gasteiger partial charge in [0.1, 0.15) is 0 Å². The predicted molar refractivity (Wildman–Crippen MR) is 79.4 cm³/mol. The molecule has 1 saturated carbocycles. The summed E-state index contributed by atoms with van der Waals surface area (Å²) in [7, 11) is 0. The van der Waals surface area contributed by atoms with Gasteiger partial charge in [-0.25, -0.2) is 0 Å². The largest absolute Gasteiger partial charge is 0.454 e. The molecule has 1 aliphatic carbocycles. The third-order valence-corrected chi connectivity index (χ3v) is 5.42. The SMILES string of the molecule is O[C@@H]1CCC[C@@]12CCCN(Cc1cccc3c1OCO3)C2. The Morgan fingerprint density at radius 2 is 2.14 bits per heavy atom. The molecule has 0 radical (unpaired) electrons. The number of aliphatic hydroxyl groups excluding tert-OH is 1. The van der Waals surface area contributed by atoms with Crippen LogP contribution in [0.25, 0.3) is 0 Å². The van der Waals surface area contributed by atoms with Gasteiger partial charge in [-0.3, -0.25) is 4.90 Å². The second kappa shape index (κ2) is 5.18. The lowest BCUT2D eigenvalue weighted by atomic mass is 9.76. The first-order valence-corrected chi connectivity index (χ1v) is 8.05. The molecule has 0 aromatic heterocycles. The summed E-state index contributed by atoms with van der Waals surface area (Å²) >= 11 is 0. The van der Waals surface area contributed by atoms with Crippen LogP contribution >= 0.6 is 0 Å². The summed E-state index contributed by atoms with van der Waals surface area (Å²) in [6.45, 7) is 3.34. The zero-order chi connectivity index (χ0) is 14.3. The predicted octanol–water partition coefficient (Wildman–Crippen LogP) is 2.54. The van der Waals surface area contributed by atoms with E-state index in [0.29, 0.717) is 6.79 Å². The number of benzene rings is 1. The summed E-state index contributed by atoms with van der Waals surface area (Å²) in [6.07, 6.45) is 5.58. The highest BCUT2D eigenvalue weighted by atomic mass is 16.7. The molecule has 114 valence electrons. The molecule has 1 N–H and O–H groups in total. The maximum atomic E-state index is 10.4. The maximum absolute atomic E-state index is 10.4. The van der Waals surface area contributed by atoms with Crippen LogP contribution in [0.5, 0.6) is 11.5 Å². The number of nitrogens with zero attached hydrogens (tertiary/aromatic N) is 1. The molecule has 3 aliphatic rings. The molecule has 1 aromatic carbocycles. The van der Waals surface area contributed by atoms with E-state index in [9.17, 15) is 5.11 Å². The zero-order valence-corrected chi connectivity index (χ0v) is 12.4. The van der Waals surface area contributed by atoms with E-state index >= 15 is 0 Å². The lowest BCUT2D eigenvalue weighted by Gasteiger charge is -2.42. The van der Waals surface area contributed by atoms with E-state index in [2.05, 4.69) is 11.0 Å². The van der Waals surface area contributed by atoms with E-state index < -0.39 is 0 Å². The molecule has 2 aliphatic heterocycles. The quantitative estimate of drug-likeness (QED) is 0.908. The smallest absolute Gasteiger partial charge is 0.231 e. The van der Waals surface area contributed by atoms with Crippen molar-refractivity contribution in [2.45, 2.75) is 44.8 Å². The van der Waals surface area contributed by atoms with Gasteiger partial charge in [0.2, 0.25) is 6.79 Å². The lowest BCUT2D eigenvalue weighted by molar-refractivity contribution is -0.0121. The van der Waals surface area contributed by atoms with Crippen LogP contribution in [-0.4, -0.2) is 36.0 Å². The van der Waals surface area contributed by atoms with Gasteiger partial charge in [0.15, 0.2) is 11.5 Å². The van der Waals surface area contributed by atoms with Crippen LogP contribution in [0.4, 0.5) is 0 Å². The number of likely N-dealkylation sites (tertiary alicyclic amines) is 1. The second-order valence-electron chi connectivity index (χ2n) is 6.74. The monoisotopic (exact) mass is 289 g/mol. The fraction of sp³-hybridized carbons (Fsp3) is 0.647. The molecule has 1 aromatic rings. The van der Waals surface area contributed by atoms with Crippen molar-refractivity contribution in [3.05, 3.63) is 23.8 Å². The minimum absolute atomic E-state index is 0.110. The van der Waals surface area contributed by atoms with Crippen molar-refractivity contribution >= 4 is 0 Å². The zero-order valence-electron chi connectivity index (χ0n) is 12.4. The summed E-state index contributed by atoms with van der Waals surface area (Å²) < 4.78 is 11.1. The Hall–Kier alpha value is -1.26. The van der Waals surface area contributed by atoms with E-state index in [1.165, 1.54) is 31.2 Å². The van der Waals surface area contributed by atoms with E-state index in [0.717, 1.165) is 37.6 Å². The van der Waals surface area contributed by atoms with E-state index in [1.807, 2.05) is 12.1 Å². The Labute approximate surface area is 125 Å². The molecule has 4 nitrogen and oxygen atoms in total. The van der Waals surface area contributed by atoms with Gasteiger partial charge < -0.3 is 14.6 Å². The van der Waals surface area contributed by atoms with Gasteiger partial charge in [-0.2, -0.15) is 0 Å². The van der Waals surface area contributed by atoms with Gasteiger partial charge >= 0.3 is 0 Å². The molecule has 4 heteroatoms. The van der Waals surface area contributed by atoms with Crippen molar-refractivity contribution in [3.8, 4) is 11.5 Å². The van der Waals surface area contributed by atoms with Crippen LogP contribution in [0, 0.1) is 5.41 Å². The van der Waals surface area contributed by atoms with Crippen LogP contribution in [0.3, 0.4) is 0 Å². The van der Waals surface area contributed by atoms with Crippen LogP contribution in [0.2, 0.25) is 0 Å². The Bertz CT molecular complexity index is 533. The molecule has 2 atom stereocenters. The van der Waals surface area contributed by atoms with Crippen molar-refractivity contribution in [1.29, 1.82) is 0 Å². The third-order valence-electron chi connectivity index (χ3n) is 5.42. The highest BCUT2D eigenvalue weighted by Gasteiger charge is 2.44. The molecule has 0 unspecified atom stereocenters. The third kappa shape index (κ3) is 2.30. The minimum Gasteiger partial charge on any atom is -0.454 e. The molecule has 21 heavy (non-hydrogen) atoms. The van der Waals surface area contributed by atoms with E-state index in [4.69, 9.17) is 9.47 Å². The average molecular weight is 289 g/mol. The van der Waals surface area contributed by atoms with Crippen molar-refractivity contribution in [1.82, 2.24) is 4.90 Å². The summed E-state index contributed by atoms with van der Waals surface area (Å²) in [6, 6.07) is 6.12. The first-order chi connectivity index (χ1) is 10.3. The normalized spacial score (nSPS) is 32.0. The van der Waals surface area contributed by atoms with Gasteiger partial charge in [-0.05, 0) is 38.3 Å². The number of hydrogen-bond donors (Lipinski definition) is 1. The summed E-state index contributed by atoms with van der Waals surface area (Å²) in [5.41, 5.74) is 1.35. The molecule has 2 heterocycles. The van der Waals surface area contributed by atoms with Gasteiger partial charge in [-0.1, -0.05) is 18.6 Å². The standard InChI is InChI=1S/C17H23NO3/c19-15-6-2-7-17(15)8-3-9-18(11-17)10-13-4-1-5-14-16(13)21-12-20-14/h1,4-5,15,19H,2-3,6-12H2/t15-,17+/m1/s1. The van der Waals surface area contributed by atoms with Crippen LogP contribution < -0.4 is 9.47 Å². The van der Waals surface area contributed by atoms with Gasteiger partial charge in [0.05, 0.1) is 6.10 Å². The number of hydrogen-bond acceptors (Lipinski definition) is 4. The molecule has 0 bridgehead atoms. The fourth-order valence-electron chi connectivity index (χ4n) is 4.35. The van der Waals surface area contributed by atoms with Crippen LogP contribution in [-0.2, 0) is 6.54 Å². The summed E-state index contributed by atoms with van der Waals surface area (Å²) in [5, 5.41) is 10.4. The highest BCUT2D eigenvalue weighted by Crippen LogP contribution is 2.45. The molecule has 0 amide bonds. The first kappa shape index (κ1) is 13.4. The number of aliphatic hydroxyl groups is 1. The first-order valence-electron chi connectivity index (χ1n) is 8.05. The number of rotatable bonds is 2. The highest BCUT2D eigenvalue weighted by molar-refractivity contribution is 5.48. The number of ether oxygens (including phenoxy) is 2. The Balaban J connectivity index is 1.51. The average Bonchev–Trinajstić information content (AvgIpc) is 3.08. The van der Waals surface area contributed by atoms with Crippen molar-refractivity contribution < 1.29 is 14.6 Å². The van der Waals surface area contributed by atoms with Crippen LogP contribution in [0.15, 0.2) is 18.2 Å². The number of piperidine rings is 1. The van der Waals surface area contributed by atoms with Gasteiger partial charge in [-0.15, -0.1) is 0 Å². The molecule has 2 fully saturated rings. The fourth-order valence-corrected chi connectivity index (χ4v) is 4.35. The lowest BCUT2D eigenvalue weighted by Crippen LogP contribution is -2.46. The topological polar surface area (TPSA) is 41.9 Å². The molecular formula is C17H23NO3. The van der Waals surface area contributed by atoms with Gasteiger partial charge in [0.25, 0.3) is 0 Å².